The second kappa shape index (κ2) is 45.9. The maximum atomic E-state index is 13.2. The number of halogens is 2. The van der Waals surface area contributed by atoms with E-state index in [2.05, 4.69) is 180 Å². The predicted octanol–water partition coefficient (Wildman–Crippen LogP) is 13.5. The number of anilines is 2. The summed E-state index contributed by atoms with van der Waals surface area (Å²) in [5, 5.41) is 16.4. The summed E-state index contributed by atoms with van der Waals surface area (Å²) in [4.78, 5) is 41.9. The molecule has 8 aromatic carbocycles. The fourth-order valence-corrected chi connectivity index (χ4v) is 22.4. The molecule has 2 aromatic heterocycles. The lowest BCUT2D eigenvalue weighted by Gasteiger charge is -2.33. The van der Waals surface area contributed by atoms with Crippen LogP contribution in [0.5, 0.6) is 11.5 Å². The Morgan fingerprint density at radius 1 is 0.445 bits per heavy atom. The summed E-state index contributed by atoms with van der Waals surface area (Å²) in [5.41, 5.74) is 4.43. The topological polar surface area (TPSA) is 256 Å². The molecule has 2 amide bonds. The lowest BCUT2D eigenvalue weighted by atomic mass is 10.1. The van der Waals surface area contributed by atoms with E-state index < -0.39 is 20.2 Å². The van der Waals surface area contributed by atoms with E-state index in [1.54, 1.807) is 46.2 Å². The number of hydrogen-bond acceptors (Lipinski definition) is 22. The van der Waals surface area contributed by atoms with Crippen LogP contribution in [0.25, 0.3) is 54.1 Å². The van der Waals surface area contributed by atoms with Gasteiger partial charge in [0, 0.05) is 122 Å². The fourth-order valence-electron chi connectivity index (χ4n) is 16.4. The molecule has 0 bridgehead atoms. The minimum absolute atomic E-state index is 0.0801. The van der Waals surface area contributed by atoms with Crippen LogP contribution in [0.15, 0.2) is 214 Å². The van der Waals surface area contributed by atoms with Gasteiger partial charge >= 0.3 is 0 Å². The summed E-state index contributed by atoms with van der Waals surface area (Å²) in [6.45, 7) is 14.8. The molecule has 4 N–H and O–H groups in total. The smallest absolute Gasteiger partial charge is 0.273 e. The van der Waals surface area contributed by atoms with Gasteiger partial charge in [0.05, 0.1) is 135 Å². The van der Waals surface area contributed by atoms with Gasteiger partial charge < -0.3 is 58.7 Å². The summed E-state index contributed by atoms with van der Waals surface area (Å²) in [6.07, 6.45) is 15.1. The van der Waals surface area contributed by atoms with Crippen LogP contribution in [-0.2, 0) is 61.9 Å². The van der Waals surface area contributed by atoms with Crippen LogP contribution in [0.2, 0.25) is 10.0 Å². The van der Waals surface area contributed by atoms with Gasteiger partial charge in [0.25, 0.3) is 41.9 Å². The normalized spacial score (nSPS) is 15.7. The third kappa shape index (κ3) is 26.1. The molecule has 1 fully saturated rings. The number of aromatic nitrogens is 2. The SMILES string of the molecule is O=C(CCC[N+]1=C(C=CN2CCN(C=CC3=[N+](CCCC(=O)NCCOCCOCCN4C(=Cc5sc6ccc7ccccc7c6[n+]5CCOc5ccccc5)Sc5ccc(Cl)cc54)CCN3CCCS(=O)(=O)O)CC2)N(CCCS(=O)(=O)O)CC1)NCCOCCOCCN1C(=Cc2sc3ccc4ccccc4c3[n+]2CCOc2ccccc2)Sc2ccc(Cl)cc21. The Morgan fingerprint density at radius 2 is 0.852 bits per heavy atom. The maximum absolute atomic E-state index is 13.2. The largest absolute Gasteiger partial charge is 0.487 e. The number of benzene rings is 8. The first kappa shape index (κ1) is 93.3. The van der Waals surface area contributed by atoms with Crippen LogP contribution in [0.4, 0.5) is 11.4 Å². The molecule has 15 rings (SSSR count). The second-order valence-electron chi connectivity index (χ2n) is 31.5. The number of amidine groups is 2. The van der Waals surface area contributed by atoms with Gasteiger partial charge in [-0.05, 0) is 109 Å². The molecule has 5 aliphatic heterocycles. The van der Waals surface area contributed by atoms with Gasteiger partial charge in [-0.15, -0.1) is 0 Å². The molecule has 0 saturated carbocycles. The molecule has 676 valence electrons. The van der Waals surface area contributed by atoms with E-state index in [-0.39, 0.29) is 36.2 Å². The van der Waals surface area contributed by atoms with Crippen molar-refractivity contribution in [1.29, 1.82) is 0 Å². The Labute approximate surface area is 774 Å². The fraction of sp³-hybridized carbons (Fsp3) is 0.383. The molecule has 5 aliphatic rings. The van der Waals surface area contributed by atoms with E-state index in [0.717, 1.165) is 64.4 Å². The number of para-hydroxylation sites is 2. The predicted molar refractivity (Wildman–Crippen MR) is 513 cm³/mol. The van der Waals surface area contributed by atoms with Crippen molar-refractivity contribution in [2.45, 2.75) is 61.4 Å². The van der Waals surface area contributed by atoms with Crippen molar-refractivity contribution in [2.24, 2.45) is 0 Å². The third-order valence-electron chi connectivity index (χ3n) is 22.7. The van der Waals surface area contributed by atoms with Crippen LogP contribution in [0.3, 0.4) is 0 Å². The average Bonchev–Trinajstić information content (AvgIpc) is 1.60. The average molecular weight is 1900 g/mol. The van der Waals surface area contributed by atoms with E-state index >= 15 is 0 Å². The lowest BCUT2D eigenvalue weighted by molar-refractivity contribution is -0.668. The second-order valence-corrected chi connectivity index (χ2v) is 39.7. The standard InChI is InChI=1S/C94H106Cl2N12O14S6/c95-73-27-31-81-79(67-73)105(89(123-81)69-91-107(53-59-121-75-17-3-1-4-18-75)93-77-21-9-7-15-71(77)25-29-83(93)125-91)51-57-119-63-61-117-55-35-97-85(109)23-11-37-101-47-49-103(39-13-65-127(111,112)113)87(101)33-41-99-43-45-100(46-44-99)42-34-88-102(48-50-104(88)40-14-66-128(114,115)116)38-12-24-86(110)98-36-56-118-62-64-120-58-52-106-80-68-74(96)28-32-82(80)124-90(106)70-92-108(54-60-122-76-19-5-2-6-20-76)94-78-22-10-8-16-72(78)26-30-84(94)126-92/h1-10,15-22,25-34,41-42,67-70H,11-14,23-24,35-40,43-66H2/p+4. The summed E-state index contributed by atoms with van der Waals surface area (Å²) in [7, 11) is -8.29. The van der Waals surface area contributed by atoms with Crippen LogP contribution in [0, 0.1) is 0 Å². The Bertz CT molecular complexity index is 5600. The Morgan fingerprint density at radius 3 is 1.27 bits per heavy atom. The molecule has 128 heavy (non-hydrogen) atoms. The first-order chi connectivity index (χ1) is 62.4. The number of carbonyl (C=O) groups excluding carboxylic acids is 2. The number of nitrogens with zero attached hydrogens (tertiary/aromatic N) is 10. The zero-order valence-electron chi connectivity index (χ0n) is 71.6. The molecule has 26 nitrogen and oxygen atoms in total. The number of fused-ring (bicyclic) bond motifs is 8. The molecule has 34 heteroatoms. The van der Waals surface area contributed by atoms with Crippen molar-refractivity contribution >= 4 is 179 Å². The number of piperazine rings is 1. The minimum atomic E-state index is -4.14. The number of rotatable bonds is 48. The van der Waals surface area contributed by atoms with E-state index in [4.69, 9.17) is 51.6 Å². The molecule has 0 atom stereocenters. The van der Waals surface area contributed by atoms with Gasteiger partial charge in [-0.2, -0.15) is 26.0 Å². The summed E-state index contributed by atoms with van der Waals surface area (Å²) in [5.74, 6) is 2.67. The number of thiazole rings is 2. The van der Waals surface area contributed by atoms with Crippen LogP contribution in [-0.4, -0.2) is 260 Å². The van der Waals surface area contributed by atoms with Gasteiger partial charge in [0.1, 0.15) is 60.3 Å². The van der Waals surface area contributed by atoms with E-state index in [1.165, 1.54) is 42.0 Å². The van der Waals surface area contributed by atoms with Crippen molar-refractivity contribution in [1.82, 2.24) is 30.2 Å². The Hall–Kier alpha value is -9.36. The van der Waals surface area contributed by atoms with E-state index in [1.807, 2.05) is 84.9 Å². The van der Waals surface area contributed by atoms with Crippen molar-refractivity contribution in [3.63, 3.8) is 0 Å². The van der Waals surface area contributed by atoms with E-state index in [0.29, 0.717) is 220 Å². The molecule has 0 unspecified atom stereocenters. The van der Waals surface area contributed by atoms with Crippen molar-refractivity contribution in [2.75, 3.05) is 192 Å². The van der Waals surface area contributed by atoms with Gasteiger partial charge in [0.2, 0.25) is 22.8 Å². The number of amides is 2. The highest BCUT2D eigenvalue weighted by atomic mass is 35.5. The highest BCUT2D eigenvalue weighted by molar-refractivity contribution is 8.04. The van der Waals surface area contributed by atoms with Gasteiger partial charge in [0.15, 0.2) is 13.1 Å². The number of hydrogen-bond donors (Lipinski definition) is 4. The number of carbonyl (C=O) groups is 2. The minimum Gasteiger partial charge on any atom is -0.487 e. The first-order valence-corrected chi connectivity index (χ1v) is 50.9. The maximum Gasteiger partial charge on any atom is 0.273 e. The molecule has 1 saturated heterocycles. The van der Waals surface area contributed by atoms with Gasteiger partial charge in [-0.25, -0.2) is 0 Å². The zero-order valence-corrected chi connectivity index (χ0v) is 78.0. The Balaban J connectivity index is 0.475. The summed E-state index contributed by atoms with van der Waals surface area (Å²) < 4.78 is 114. The number of thioether (sulfide) groups is 2. The lowest BCUT2D eigenvalue weighted by Crippen LogP contribution is -2.42. The number of nitrogens with one attached hydrogen (secondary N) is 2. The first-order valence-electron chi connectivity index (χ1n) is 43.7. The molecular weight excluding hydrogens is 1780 g/mol. The monoisotopic (exact) mass is 1890 g/mol. The molecule has 0 aliphatic carbocycles. The van der Waals surface area contributed by atoms with Gasteiger partial charge in [-0.3, -0.25) is 37.6 Å². The zero-order chi connectivity index (χ0) is 88.6. The molecule has 0 spiro atoms. The van der Waals surface area contributed by atoms with Crippen LogP contribution in [0.1, 0.15) is 48.5 Å². The molecular formula is C94H110Cl2N12O14S6+4. The van der Waals surface area contributed by atoms with Crippen LogP contribution < -0.4 is 39.0 Å². The third-order valence-corrected chi connectivity index (χ3v) is 29.2. The highest BCUT2D eigenvalue weighted by Crippen LogP contribution is 2.50. The van der Waals surface area contributed by atoms with E-state index in [9.17, 15) is 35.5 Å². The van der Waals surface area contributed by atoms with Crippen LogP contribution >= 0.6 is 69.4 Å². The Kier molecular flexibility index (Phi) is 33.5. The van der Waals surface area contributed by atoms with Crippen molar-refractivity contribution in [3.05, 3.63) is 225 Å². The highest BCUT2D eigenvalue weighted by Gasteiger charge is 2.35. The molecule has 0 radical (unpaired) electrons. The molecule has 10 aromatic rings. The summed E-state index contributed by atoms with van der Waals surface area (Å²) in [6, 6.07) is 57.6. The number of ether oxygens (including phenoxy) is 6. The van der Waals surface area contributed by atoms with Crippen molar-refractivity contribution < 1.29 is 82.2 Å². The van der Waals surface area contributed by atoms with Crippen molar-refractivity contribution in [3.8, 4) is 11.5 Å². The quantitative estimate of drug-likeness (QED) is 0.0157. The summed E-state index contributed by atoms with van der Waals surface area (Å²) >= 11 is 20.2. The van der Waals surface area contributed by atoms with Gasteiger partial charge in [-0.1, -0.05) is 154 Å². The molecule has 7 heterocycles.